The first kappa shape index (κ1) is 18.2. The van der Waals surface area contributed by atoms with E-state index in [0.29, 0.717) is 12.2 Å². The molecule has 136 valence electrons. The third-order valence-electron chi connectivity index (χ3n) is 3.78. The average Bonchev–Trinajstić information content (AvgIpc) is 2.96. The Hall–Kier alpha value is -2.62. The Kier molecular flexibility index (Phi) is 4.86. The lowest BCUT2D eigenvalue weighted by molar-refractivity contribution is 0.271. The van der Waals surface area contributed by atoms with Crippen LogP contribution in [0.4, 0.5) is 4.39 Å². The number of aliphatic hydroxyl groups is 1. The molecule has 26 heavy (non-hydrogen) atoms. The zero-order valence-electron chi connectivity index (χ0n) is 13.9. The molecule has 9 heteroatoms. The van der Waals surface area contributed by atoms with E-state index < -0.39 is 22.4 Å². The van der Waals surface area contributed by atoms with E-state index in [0.717, 1.165) is 17.2 Å². The lowest BCUT2D eigenvalue weighted by atomic mass is 10.1. The van der Waals surface area contributed by atoms with Gasteiger partial charge in [0.1, 0.15) is 23.9 Å². The maximum Gasteiger partial charge on any atom is 0.238 e. The molecule has 0 bridgehead atoms. The highest BCUT2D eigenvalue weighted by atomic mass is 32.2. The maximum atomic E-state index is 14.5. The van der Waals surface area contributed by atoms with Crippen LogP contribution in [0, 0.1) is 12.7 Å². The molecule has 0 fully saturated rings. The van der Waals surface area contributed by atoms with Gasteiger partial charge in [-0.2, -0.15) is 0 Å². The molecule has 7 nitrogen and oxygen atoms in total. The number of primary sulfonamides is 1. The zero-order chi connectivity index (χ0) is 18.9. The molecule has 3 rings (SSSR count). The highest BCUT2D eigenvalue weighted by Crippen LogP contribution is 2.20. The number of aliphatic hydroxyl groups excluding tert-OH is 1. The summed E-state index contributed by atoms with van der Waals surface area (Å²) in [7, 11) is -4.01. The number of hydrogen-bond acceptors (Lipinski definition) is 5. The highest BCUT2D eigenvalue weighted by Gasteiger charge is 2.17. The van der Waals surface area contributed by atoms with Crippen molar-refractivity contribution in [1.82, 2.24) is 14.8 Å². The number of halogens is 1. The number of nitrogens with zero attached hydrogens (tertiary/aromatic N) is 3. The molecule has 0 unspecified atom stereocenters. The SMILES string of the molecule is Cc1cccc(Cc2nc(CO)nn2-c2ccc(S(N)(=O)=O)cc2F)c1. The van der Waals surface area contributed by atoms with Gasteiger partial charge in [-0.1, -0.05) is 29.8 Å². The fourth-order valence-corrected chi connectivity index (χ4v) is 3.13. The van der Waals surface area contributed by atoms with Gasteiger partial charge in [0.05, 0.1) is 4.90 Å². The van der Waals surface area contributed by atoms with E-state index in [4.69, 9.17) is 5.14 Å². The van der Waals surface area contributed by atoms with Gasteiger partial charge in [0.15, 0.2) is 5.82 Å². The number of nitrogens with two attached hydrogens (primary N) is 1. The molecule has 0 amide bonds. The van der Waals surface area contributed by atoms with Crippen LogP contribution in [0.2, 0.25) is 0 Å². The van der Waals surface area contributed by atoms with Crippen LogP contribution in [0.1, 0.15) is 22.8 Å². The molecule has 0 aliphatic rings. The Labute approximate surface area is 150 Å². The molecule has 1 heterocycles. The molecule has 0 atom stereocenters. The molecule has 2 aromatic carbocycles. The van der Waals surface area contributed by atoms with E-state index in [1.807, 2.05) is 31.2 Å². The van der Waals surface area contributed by atoms with Crippen molar-refractivity contribution in [2.75, 3.05) is 0 Å². The first-order valence-corrected chi connectivity index (χ1v) is 9.26. The summed E-state index contributed by atoms with van der Waals surface area (Å²) in [6.45, 7) is 1.56. The second-order valence-electron chi connectivity index (χ2n) is 5.84. The van der Waals surface area contributed by atoms with Crippen molar-refractivity contribution in [3.05, 3.63) is 71.1 Å². The second kappa shape index (κ2) is 6.94. The molecule has 0 radical (unpaired) electrons. The van der Waals surface area contributed by atoms with Crippen LogP contribution in [0.25, 0.3) is 5.69 Å². The van der Waals surface area contributed by atoms with E-state index in [1.54, 1.807) is 0 Å². The molecule has 0 aliphatic carbocycles. The first-order valence-electron chi connectivity index (χ1n) is 7.72. The smallest absolute Gasteiger partial charge is 0.238 e. The fraction of sp³-hybridized carbons (Fsp3) is 0.176. The summed E-state index contributed by atoms with van der Waals surface area (Å²) in [4.78, 5) is 3.90. The third-order valence-corrected chi connectivity index (χ3v) is 4.69. The molecular formula is C17H17FN4O3S. The summed E-state index contributed by atoms with van der Waals surface area (Å²) in [5, 5.41) is 18.5. The monoisotopic (exact) mass is 376 g/mol. The van der Waals surface area contributed by atoms with Gasteiger partial charge in [0.25, 0.3) is 0 Å². The van der Waals surface area contributed by atoms with Gasteiger partial charge in [-0.05, 0) is 30.7 Å². The van der Waals surface area contributed by atoms with Gasteiger partial charge in [-0.15, -0.1) is 5.10 Å². The van der Waals surface area contributed by atoms with E-state index >= 15 is 0 Å². The number of aromatic nitrogens is 3. The minimum atomic E-state index is -4.01. The minimum Gasteiger partial charge on any atom is -0.388 e. The standard InChI is InChI=1S/C17H17FN4O3S/c1-11-3-2-4-12(7-11)8-17-20-16(10-23)21-22(17)15-6-5-13(9-14(15)18)26(19,24)25/h2-7,9,23H,8,10H2,1H3,(H2,19,24,25). The third kappa shape index (κ3) is 3.79. The van der Waals surface area contributed by atoms with Gasteiger partial charge < -0.3 is 5.11 Å². The topological polar surface area (TPSA) is 111 Å². The summed E-state index contributed by atoms with van der Waals surface area (Å²) < 4.78 is 38.5. The number of aryl methyl sites for hydroxylation is 1. The molecule has 0 aliphatic heterocycles. The van der Waals surface area contributed by atoms with Gasteiger partial charge >= 0.3 is 0 Å². The molecule has 0 saturated heterocycles. The molecule has 0 spiro atoms. The Morgan fingerprint density at radius 3 is 2.62 bits per heavy atom. The number of benzene rings is 2. The van der Waals surface area contributed by atoms with Gasteiger partial charge in [-0.3, -0.25) is 0 Å². The average molecular weight is 376 g/mol. The highest BCUT2D eigenvalue weighted by molar-refractivity contribution is 7.89. The van der Waals surface area contributed by atoms with Crippen molar-refractivity contribution in [2.24, 2.45) is 5.14 Å². The summed E-state index contributed by atoms with van der Waals surface area (Å²) in [5.41, 5.74) is 2.04. The van der Waals surface area contributed by atoms with E-state index in [1.165, 1.54) is 16.8 Å². The van der Waals surface area contributed by atoms with Crippen LogP contribution in [0.3, 0.4) is 0 Å². The van der Waals surface area contributed by atoms with Crippen molar-refractivity contribution in [3.63, 3.8) is 0 Å². The number of sulfonamides is 1. The largest absolute Gasteiger partial charge is 0.388 e. The summed E-state index contributed by atoms with van der Waals surface area (Å²) >= 11 is 0. The maximum absolute atomic E-state index is 14.5. The molecular weight excluding hydrogens is 359 g/mol. The lowest BCUT2D eigenvalue weighted by Gasteiger charge is -2.09. The Bertz CT molecular complexity index is 1060. The molecule has 3 N–H and O–H groups in total. The predicted octanol–water partition coefficient (Wildman–Crippen LogP) is 1.45. The second-order valence-corrected chi connectivity index (χ2v) is 7.40. The quantitative estimate of drug-likeness (QED) is 0.700. The lowest BCUT2D eigenvalue weighted by Crippen LogP contribution is -2.13. The molecule has 1 aromatic heterocycles. The normalized spacial score (nSPS) is 11.7. The van der Waals surface area contributed by atoms with Crippen LogP contribution >= 0.6 is 0 Å². The van der Waals surface area contributed by atoms with Crippen molar-refractivity contribution in [1.29, 1.82) is 0 Å². The summed E-state index contributed by atoms with van der Waals surface area (Å²) in [6.07, 6.45) is 0.366. The van der Waals surface area contributed by atoms with Gasteiger partial charge in [0.2, 0.25) is 10.0 Å². The van der Waals surface area contributed by atoms with Crippen LogP contribution in [0.5, 0.6) is 0 Å². The predicted molar refractivity (Wildman–Crippen MR) is 92.6 cm³/mol. The first-order chi connectivity index (χ1) is 12.3. The van der Waals surface area contributed by atoms with E-state index in [2.05, 4.69) is 10.1 Å². The Balaban J connectivity index is 2.06. The number of hydrogen-bond donors (Lipinski definition) is 2. The van der Waals surface area contributed by atoms with Crippen molar-refractivity contribution < 1.29 is 17.9 Å². The van der Waals surface area contributed by atoms with Gasteiger partial charge in [-0.25, -0.2) is 27.6 Å². The summed E-state index contributed by atoms with van der Waals surface area (Å²) in [6, 6.07) is 11.0. The summed E-state index contributed by atoms with van der Waals surface area (Å²) in [5.74, 6) is -0.249. The fourth-order valence-electron chi connectivity index (χ4n) is 2.61. The van der Waals surface area contributed by atoms with Crippen molar-refractivity contribution in [2.45, 2.75) is 24.8 Å². The van der Waals surface area contributed by atoms with E-state index in [-0.39, 0.29) is 16.4 Å². The number of rotatable bonds is 5. The molecule has 0 saturated carbocycles. The van der Waals surface area contributed by atoms with Crippen LogP contribution in [-0.4, -0.2) is 28.3 Å². The van der Waals surface area contributed by atoms with Crippen LogP contribution in [0.15, 0.2) is 47.4 Å². The minimum absolute atomic E-state index is 0.0206. The van der Waals surface area contributed by atoms with Crippen molar-refractivity contribution in [3.8, 4) is 5.69 Å². The Morgan fingerprint density at radius 1 is 1.23 bits per heavy atom. The van der Waals surface area contributed by atoms with Crippen LogP contribution in [-0.2, 0) is 23.1 Å². The van der Waals surface area contributed by atoms with Crippen molar-refractivity contribution >= 4 is 10.0 Å². The van der Waals surface area contributed by atoms with E-state index in [9.17, 15) is 17.9 Å². The zero-order valence-corrected chi connectivity index (χ0v) is 14.7. The van der Waals surface area contributed by atoms with Gasteiger partial charge in [0, 0.05) is 6.42 Å². The Morgan fingerprint density at radius 2 is 2.00 bits per heavy atom. The van der Waals surface area contributed by atoms with Crippen LogP contribution < -0.4 is 5.14 Å². The molecule has 3 aromatic rings.